The minimum Gasteiger partial charge on any atom is -0.332 e. The number of halogens is 1. The number of hydrogen-bond donors (Lipinski definition) is 0. The third-order valence-electron chi connectivity index (χ3n) is 4.95. The summed E-state index contributed by atoms with van der Waals surface area (Å²) in [6.45, 7) is 8.44. The molecule has 2 heterocycles. The molecule has 0 spiro atoms. The van der Waals surface area contributed by atoms with E-state index in [0.29, 0.717) is 5.92 Å². The van der Waals surface area contributed by atoms with E-state index in [1.165, 1.54) is 30.4 Å². The second-order valence-electron chi connectivity index (χ2n) is 7.04. The van der Waals surface area contributed by atoms with E-state index in [1.807, 2.05) is 12.3 Å². The molecule has 0 radical (unpaired) electrons. The Hall–Kier alpha value is -1.68. The molecule has 24 heavy (non-hydrogen) atoms. The van der Waals surface area contributed by atoms with Crippen molar-refractivity contribution in [1.82, 2.24) is 14.5 Å². The van der Waals surface area contributed by atoms with Gasteiger partial charge in [0, 0.05) is 37.9 Å². The van der Waals surface area contributed by atoms with Gasteiger partial charge in [-0.3, -0.25) is 4.90 Å². The minimum atomic E-state index is -0.141. The van der Waals surface area contributed by atoms with Crippen LogP contribution in [0.4, 0.5) is 4.39 Å². The Labute approximate surface area is 144 Å². The molecule has 1 aliphatic rings. The van der Waals surface area contributed by atoms with Crippen LogP contribution in [0.15, 0.2) is 30.5 Å². The summed E-state index contributed by atoms with van der Waals surface area (Å²) in [5.41, 5.74) is 2.33. The van der Waals surface area contributed by atoms with E-state index < -0.39 is 0 Å². The highest BCUT2D eigenvalue weighted by Crippen LogP contribution is 2.22. The fourth-order valence-electron chi connectivity index (χ4n) is 3.82. The van der Waals surface area contributed by atoms with Gasteiger partial charge in [-0.25, -0.2) is 9.37 Å². The number of nitrogens with zero attached hydrogens (tertiary/aromatic N) is 3. The van der Waals surface area contributed by atoms with Gasteiger partial charge in [-0.1, -0.05) is 19.1 Å². The van der Waals surface area contributed by atoms with Gasteiger partial charge in [0.2, 0.25) is 0 Å². The summed E-state index contributed by atoms with van der Waals surface area (Å²) >= 11 is 0. The quantitative estimate of drug-likeness (QED) is 0.792. The molecular formula is C20H28FN3. The van der Waals surface area contributed by atoms with E-state index in [9.17, 15) is 4.39 Å². The summed E-state index contributed by atoms with van der Waals surface area (Å²) in [7, 11) is 0. The average molecular weight is 329 g/mol. The van der Waals surface area contributed by atoms with Crippen molar-refractivity contribution in [3.63, 3.8) is 0 Å². The van der Waals surface area contributed by atoms with Crippen LogP contribution in [0.25, 0.3) is 0 Å². The summed E-state index contributed by atoms with van der Waals surface area (Å²) in [6, 6.07) is 6.99. The minimum absolute atomic E-state index is 0.141. The third kappa shape index (κ3) is 4.23. The Morgan fingerprint density at radius 1 is 1.33 bits per heavy atom. The molecule has 1 atom stereocenters. The van der Waals surface area contributed by atoms with Crippen molar-refractivity contribution in [2.75, 3.05) is 13.1 Å². The summed E-state index contributed by atoms with van der Waals surface area (Å²) in [5, 5.41) is 0. The lowest BCUT2D eigenvalue weighted by Gasteiger charge is -2.32. The fourth-order valence-corrected chi connectivity index (χ4v) is 3.82. The largest absolute Gasteiger partial charge is 0.332 e. The first-order valence-electron chi connectivity index (χ1n) is 9.13. The zero-order valence-electron chi connectivity index (χ0n) is 14.8. The molecule has 130 valence electrons. The van der Waals surface area contributed by atoms with E-state index in [2.05, 4.69) is 28.3 Å². The van der Waals surface area contributed by atoms with Crippen molar-refractivity contribution in [2.45, 2.75) is 52.6 Å². The van der Waals surface area contributed by atoms with Gasteiger partial charge in [0.05, 0.1) is 0 Å². The maximum atomic E-state index is 13.4. The van der Waals surface area contributed by atoms with Crippen molar-refractivity contribution in [1.29, 1.82) is 0 Å². The van der Waals surface area contributed by atoms with Gasteiger partial charge in [0.15, 0.2) is 0 Å². The monoisotopic (exact) mass is 329 g/mol. The first-order chi connectivity index (χ1) is 11.7. The van der Waals surface area contributed by atoms with E-state index in [1.54, 1.807) is 12.1 Å². The topological polar surface area (TPSA) is 21.1 Å². The molecule has 0 aliphatic carbocycles. The molecule has 4 heteroatoms. The number of aromatic nitrogens is 2. The van der Waals surface area contributed by atoms with Crippen molar-refractivity contribution in [2.24, 2.45) is 5.92 Å². The lowest BCUT2D eigenvalue weighted by atomic mass is 9.94. The third-order valence-corrected chi connectivity index (χ3v) is 4.95. The van der Waals surface area contributed by atoms with Gasteiger partial charge in [-0.15, -0.1) is 0 Å². The summed E-state index contributed by atoms with van der Waals surface area (Å²) in [4.78, 5) is 7.11. The summed E-state index contributed by atoms with van der Waals surface area (Å²) < 4.78 is 15.7. The molecular weight excluding hydrogens is 301 g/mol. The molecule has 1 unspecified atom stereocenters. The lowest BCUT2D eigenvalue weighted by Crippen LogP contribution is -2.36. The molecule has 3 nitrogen and oxygen atoms in total. The zero-order chi connectivity index (χ0) is 16.9. The Kier molecular flexibility index (Phi) is 5.67. The predicted octanol–water partition coefficient (Wildman–Crippen LogP) is 4.20. The van der Waals surface area contributed by atoms with Crippen molar-refractivity contribution < 1.29 is 4.39 Å². The van der Waals surface area contributed by atoms with Crippen LogP contribution in [0.3, 0.4) is 0 Å². The van der Waals surface area contributed by atoms with Crippen LogP contribution in [0.2, 0.25) is 0 Å². The van der Waals surface area contributed by atoms with Crippen LogP contribution in [-0.4, -0.2) is 27.5 Å². The Morgan fingerprint density at radius 3 is 3.00 bits per heavy atom. The highest BCUT2D eigenvalue weighted by atomic mass is 19.1. The van der Waals surface area contributed by atoms with E-state index in [0.717, 1.165) is 44.6 Å². The van der Waals surface area contributed by atoms with Gasteiger partial charge < -0.3 is 4.57 Å². The van der Waals surface area contributed by atoms with Gasteiger partial charge in [0.25, 0.3) is 0 Å². The molecule has 1 aliphatic heterocycles. The highest BCUT2D eigenvalue weighted by molar-refractivity contribution is 5.16. The summed E-state index contributed by atoms with van der Waals surface area (Å²) in [6.07, 6.45) is 6.66. The van der Waals surface area contributed by atoms with Crippen LogP contribution in [0, 0.1) is 18.7 Å². The molecule has 0 saturated carbocycles. The normalized spacial score (nSPS) is 18.9. The maximum Gasteiger partial charge on any atom is 0.123 e. The van der Waals surface area contributed by atoms with E-state index >= 15 is 0 Å². The predicted molar refractivity (Wildman–Crippen MR) is 95.4 cm³/mol. The zero-order valence-corrected chi connectivity index (χ0v) is 14.8. The van der Waals surface area contributed by atoms with Crippen LogP contribution in [-0.2, 0) is 19.5 Å². The number of imidazole rings is 1. The number of rotatable bonds is 6. The fraction of sp³-hybridized carbons (Fsp3) is 0.550. The molecule has 2 aromatic rings. The van der Waals surface area contributed by atoms with Crippen LogP contribution < -0.4 is 0 Å². The Bertz CT molecular complexity index is 665. The number of piperidine rings is 1. The Balaban J connectivity index is 1.61. The standard InChI is InChI=1S/C20H28FN3/c1-3-9-24-16(2)13-22-20(24)12-18-7-5-10-23(15-18)14-17-6-4-8-19(21)11-17/h4,6,8,11,13,18H,3,5,7,9-10,12,14-15H2,1-2H3. The first kappa shape index (κ1) is 17.2. The number of benzene rings is 1. The number of aryl methyl sites for hydroxylation is 1. The second-order valence-corrected chi connectivity index (χ2v) is 7.04. The van der Waals surface area contributed by atoms with E-state index in [4.69, 9.17) is 0 Å². The molecule has 1 aromatic carbocycles. The smallest absolute Gasteiger partial charge is 0.123 e. The number of likely N-dealkylation sites (tertiary alicyclic amines) is 1. The average Bonchev–Trinajstić information content (AvgIpc) is 2.89. The Morgan fingerprint density at radius 2 is 2.21 bits per heavy atom. The molecule has 1 fully saturated rings. The molecule has 0 bridgehead atoms. The van der Waals surface area contributed by atoms with Crippen LogP contribution in [0.5, 0.6) is 0 Å². The molecule has 0 amide bonds. The summed E-state index contributed by atoms with van der Waals surface area (Å²) in [5.74, 6) is 1.73. The maximum absolute atomic E-state index is 13.4. The van der Waals surface area contributed by atoms with Crippen LogP contribution >= 0.6 is 0 Å². The molecule has 1 saturated heterocycles. The van der Waals surface area contributed by atoms with Gasteiger partial charge in [-0.2, -0.15) is 0 Å². The number of hydrogen-bond acceptors (Lipinski definition) is 2. The SMILES string of the molecule is CCCn1c(C)cnc1CC1CCCN(Cc2cccc(F)c2)C1. The first-order valence-corrected chi connectivity index (χ1v) is 9.13. The van der Waals surface area contributed by atoms with Crippen molar-refractivity contribution in [3.05, 3.63) is 53.4 Å². The highest BCUT2D eigenvalue weighted by Gasteiger charge is 2.22. The van der Waals surface area contributed by atoms with Crippen molar-refractivity contribution in [3.8, 4) is 0 Å². The van der Waals surface area contributed by atoms with Crippen molar-refractivity contribution >= 4 is 0 Å². The molecule has 0 N–H and O–H groups in total. The van der Waals surface area contributed by atoms with E-state index in [-0.39, 0.29) is 5.82 Å². The molecule has 1 aromatic heterocycles. The second kappa shape index (κ2) is 7.93. The van der Waals surface area contributed by atoms with Crippen LogP contribution in [0.1, 0.15) is 43.3 Å². The van der Waals surface area contributed by atoms with Gasteiger partial charge >= 0.3 is 0 Å². The lowest BCUT2D eigenvalue weighted by molar-refractivity contribution is 0.165. The van der Waals surface area contributed by atoms with Gasteiger partial charge in [0.1, 0.15) is 11.6 Å². The molecule has 3 rings (SSSR count). The van der Waals surface area contributed by atoms with Gasteiger partial charge in [-0.05, 0) is 56.3 Å².